The standard InChI is InChI=1S/C17H22I3N3O8/c1-23(9(29)6-26)15-13(19)10(16(30)21-2-7(27)4-24)12(18)11(14(15)20)17(31)22-3-8(28)5-25/h7-8,24-28H,2-6H2,1H3,(H,21,30)(H,22,31)/t7-,8+. The van der Waals surface area contributed by atoms with E-state index in [0.29, 0.717) is 7.14 Å². The summed E-state index contributed by atoms with van der Waals surface area (Å²) >= 11 is 5.52. The second-order valence-electron chi connectivity index (χ2n) is 6.24. The number of halogens is 3. The number of hydrogen-bond donors (Lipinski definition) is 7. The molecule has 0 bridgehead atoms. The summed E-state index contributed by atoms with van der Waals surface area (Å²) in [6.45, 7) is -2.37. The summed E-state index contributed by atoms with van der Waals surface area (Å²) in [5.74, 6) is -1.96. The van der Waals surface area contributed by atoms with E-state index in [-0.39, 0.29) is 33.5 Å². The van der Waals surface area contributed by atoms with Crippen LogP contribution in [0.15, 0.2) is 0 Å². The van der Waals surface area contributed by atoms with Gasteiger partial charge in [0.15, 0.2) is 0 Å². The van der Waals surface area contributed by atoms with Crippen molar-refractivity contribution in [3.63, 3.8) is 0 Å². The van der Waals surface area contributed by atoms with Gasteiger partial charge in [-0.2, -0.15) is 0 Å². The molecule has 14 heteroatoms. The fourth-order valence-corrected chi connectivity index (χ4v) is 7.17. The third-order valence-corrected chi connectivity index (χ3v) is 7.19. The smallest absolute Gasteiger partial charge is 0.253 e. The van der Waals surface area contributed by atoms with Crippen LogP contribution in [0.2, 0.25) is 0 Å². The number of aliphatic hydroxyl groups excluding tert-OH is 5. The Morgan fingerprint density at radius 2 is 1.23 bits per heavy atom. The van der Waals surface area contributed by atoms with Crippen molar-refractivity contribution in [2.24, 2.45) is 0 Å². The fraction of sp³-hybridized carbons (Fsp3) is 0.471. The Bertz CT molecular complexity index is 786. The van der Waals surface area contributed by atoms with Crippen LogP contribution in [0.25, 0.3) is 0 Å². The van der Waals surface area contributed by atoms with Crippen LogP contribution in [-0.2, 0) is 4.79 Å². The van der Waals surface area contributed by atoms with E-state index >= 15 is 0 Å². The number of aliphatic hydroxyl groups is 5. The fourth-order valence-electron chi connectivity index (χ4n) is 2.30. The molecule has 1 aromatic rings. The summed E-state index contributed by atoms with van der Waals surface area (Å²) in [7, 11) is 1.39. The van der Waals surface area contributed by atoms with Crippen molar-refractivity contribution >= 4 is 91.2 Å². The first-order valence-corrected chi connectivity index (χ1v) is 12.0. The maximum Gasteiger partial charge on any atom is 0.253 e. The minimum Gasteiger partial charge on any atom is -0.394 e. The van der Waals surface area contributed by atoms with Crippen LogP contribution < -0.4 is 15.5 Å². The lowest BCUT2D eigenvalue weighted by atomic mass is 10.1. The van der Waals surface area contributed by atoms with Gasteiger partial charge in [-0.05, 0) is 67.8 Å². The molecule has 0 unspecified atom stereocenters. The Morgan fingerprint density at radius 1 is 0.839 bits per heavy atom. The molecule has 0 aliphatic carbocycles. The van der Waals surface area contributed by atoms with E-state index in [1.807, 2.05) is 67.8 Å². The summed E-state index contributed by atoms with van der Waals surface area (Å²) in [5, 5.41) is 51.1. The van der Waals surface area contributed by atoms with E-state index in [1.165, 1.54) is 7.05 Å². The van der Waals surface area contributed by atoms with Crippen molar-refractivity contribution in [1.29, 1.82) is 0 Å². The van der Waals surface area contributed by atoms with Crippen LogP contribution in [0, 0.1) is 10.7 Å². The summed E-state index contributed by atoms with van der Waals surface area (Å²) in [4.78, 5) is 38.9. The Morgan fingerprint density at radius 3 is 1.55 bits per heavy atom. The van der Waals surface area contributed by atoms with Crippen molar-refractivity contribution in [3.05, 3.63) is 21.8 Å². The molecule has 174 valence electrons. The van der Waals surface area contributed by atoms with Gasteiger partial charge in [-0.1, -0.05) is 0 Å². The Kier molecular flexibility index (Phi) is 12.3. The maximum atomic E-state index is 12.8. The van der Waals surface area contributed by atoms with Crippen LogP contribution in [0.5, 0.6) is 0 Å². The Labute approximate surface area is 219 Å². The molecule has 0 aliphatic heterocycles. The van der Waals surface area contributed by atoms with E-state index in [0.717, 1.165) is 4.90 Å². The lowest BCUT2D eigenvalue weighted by molar-refractivity contribution is -0.121. The molecule has 0 aromatic heterocycles. The first-order valence-electron chi connectivity index (χ1n) is 8.73. The van der Waals surface area contributed by atoms with Crippen molar-refractivity contribution in [3.8, 4) is 0 Å². The van der Waals surface area contributed by atoms with Crippen LogP contribution in [0.1, 0.15) is 20.7 Å². The lowest BCUT2D eigenvalue weighted by Gasteiger charge is -2.25. The number of nitrogens with one attached hydrogen (secondary N) is 2. The second-order valence-corrected chi connectivity index (χ2v) is 9.48. The normalized spacial score (nSPS) is 12.8. The van der Waals surface area contributed by atoms with Gasteiger partial charge in [-0.25, -0.2) is 0 Å². The number of anilines is 1. The summed E-state index contributed by atoms with van der Waals surface area (Å²) in [5.41, 5.74) is 0.348. The van der Waals surface area contributed by atoms with Gasteiger partial charge in [0.1, 0.15) is 6.61 Å². The van der Waals surface area contributed by atoms with E-state index < -0.39 is 49.8 Å². The summed E-state index contributed by atoms with van der Waals surface area (Å²) in [6, 6.07) is 0. The molecule has 7 N–H and O–H groups in total. The molecule has 0 spiro atoms. The SMILES string of the molecule is CN(C(=O)CO)c1c(I)c(C(=O)NC[C@H](O)CO)c(I)c(C(=O)NC[C@@H](O)CO)c1I. The van der Waals surface area contributed by atoms with Gasteiger partial charge in [0, 0.05) is 23.7 Å². The number of carbonyl (C=O) groups is 3. The lowest BCUT2D eigenvalue weighted by Crippen LogP contribution is -2.38. The number of benzene rings is 1. The highest BCUT2D eigenvalue weighted by molar-refractivity contribution is 14.1. The zero-order valence-corrected chi connectivity index (χ0v) is 22.7. The number of hydrogen-bond acceptors (Lipinski definition) is 8. The van der Waals surface area contributed by atoms with Crippen LogP contribution in [0.4, 0.5) is 5.69 Å². The number of nitrogens with zero attached hydrogens (tertiary/aromatic N) is 1. The minimum absolute atomic E-state index is 0.0622. The van der Waals surface area contributed by atoms with Gasteiger partial charge in [0.25, 0.3) is 17.7 Å². The quantitative estimate of drug-likeness (QED) is 0.142. The third-order valence-electron chi connectivity index (χ3n) is 4.01. The van der Waals surface area contributed by atoms with E-state index in [4.69, 9.17) is 10.2 Å². The predicted molar refractivity (Wildman–Crippen MR) is 136 cm³/mol. The molecule has 0 radical (unpaired) electrons. The molecular formula is C17H22I3N3O8. The molecule has 0 fully saturated rings. The Hall–Kier alpha value is -0.380. The molecule has 3 amide bonds. The Balaban J connectivity index is 3.59. The molecule has 2 atom stereocenters. The van der Waals surface area contributed by atoms with Crippen molar-refractivity contribution in [2.75, 3.05) is 44.9 Å². The van der Waals surface area contributed by atoms with E-state index in [2.05, 4.69) is 10.6 Å². The summed E-state index contributed by atoms with van der Waals surface area (Å²) < 4.78 is 0.921. The molecule has 0 saturated heterocycles. The zero-order chi connectivity index (χ0) is 23.9. The molecular weight excluding hydrogens is 755 g/mol. The number of carbonyl (C=O) groups excluding carboxylic acids is 3. The predicted octanol–water partition coefficient (Wildman–Crippen LogP) is -1.38. The highest BCUT2D eigenvalue weighted by atomic mass is 127. The molecule has 1 rings (SSSR count). The monoisotopic (exact) mass is 777 g/mol. The maximum absolute atomic E-state index is 12.8. The molecule has 0 heterocycles. The van der Waals surface area contributed by atoms with Gasteiger partial charge in [-0.15, -0.1) is 0 Å². The minimum atomic E-state index is -1.18. The largest absolute Gasteiger partial charge is 0.394 e. The number of rotatable bonds is 10. The summed E-state index contributed by atoms with van der Waals surface area (Å²) in [6.07, 6.45) is -2.35. The van der Waals surface area contributed by atoms with Gasteiger partial charge >= 0.3 is 0 Å². The van der Waals surface area contributed by atoms with Crippen LogP contribution >= 0.6 is 67.8 Å². The molecule has 31 heavy (non-hydrogen) atoms. The van der Waals surface area contributed by atoms with Crippen molar-refractivity contribution < 1.29 is 39.9 Å². The molecule has 11 nitrogen and oxygen atoms in total. The average Bonchev–Trinajstić information content (AvgIpc) is 2.74. The van der Waals surface area contributed by atoms with Gasteiger partial charge in [0.2, 0.25) is 0 Å². The molecule has 0 aliphatic rings. The number of amides is 3. The highest BCUT2D eigenvalue weighted by Crippen LogP contribution is 2.37. The first-order chi connectivity index (χ1) is 14.5. The first kappa shape index (κ1) is 28.7. The van der Waals surface area contributed by atoms with Gasteiger partial charge < -0.3 is 41.1 Å². The highest BCUT2D eigenvalue weighted by Gasteiger charge is 2.30. The third kappa shape index (κ3) is 7.30. The molecule has 0 saturated carbocycles. The number of likely N-dealkylation sites (N-methyl/N-ethyl adjacent to an activating group) is 1. The zero-order valence-electron chi connectivity index (χ0n) is 16.2. The van der Waals surface area contributed by atoms with Crippen LogP contribution in [0.3, 0.4) is 0 Å². The van der Waals surface area contributed by atoms with Crippen molar-refractivity contribution in [2.45, 2.75) is 12.2 Å². The van der Waals surface area contributed by atoms with Crippen LogP contribution in [-0.4, -0.2) is 95.4 Å². The van der Waals surface area contributed by atoms with E-state index in [1.54, 1.807) is 0 Å². The van der Waals surface area contributed by atoms with Crippen molar-refractivity contribution in [1.82, 2.24) is 10.6 Å². The topological polar surface area (TPSA) is 180 Å². The average molecular weight is 777 g/mol. The second kappa shape index (κ2) is 13.4. The molecule has 1 aromatic carbocycles. The van der Waals surface area contributed by atoms with Gasteiger partial charge in [0.05, 0.1) is 49.4 Å². The van der Waals surface area contributed by atoms with E-state index in [9.17, 15) is 29.7 Å². The van der Waals surface area contributed by atoms with Gasteiger partial charge in [-0.3, -0.25) is 14.4 Å².